The first kappa shape index (κ1) is 9.65. The molecule has 4 heteroatoms. The highest BCUT2D eigenvalue weighted by atomic mass is 32.1. The summed E-state index contributed by atoms with van der Waals surface area (Å²) in [6.45, 7) is 2.98. The maximum atomic E-state index is 4.93. The van der Waals surface area contributed by atoms with Gasteiger partial charge in [-0.25, -0.2) is 5.06 Å². The SMILES string of the molecule is CCCNC(=S)N(C)OC. The number of thiocarbonyl (C=S) groups is 1. The van der Waals surface area contributed by atoms with E-state index >= 15 is 0 Å². The van der Waals surface area contributed by atoms with E-state index in [1.54, 1.807) is 14.2 Å². The van der Waals surface area contributed by atoms with Crippen LogP contribution in [-0.2, 0) is 4.84 Å². The molecule has 10 heavy (non-hydrogen) atoms. The lowest BCUT2D eigenvalue weighted by atomic mass is 10.5. The normalized spacial score (nSPS) is 9.10. The molecular formula is C6H14N2OS. The molecule has 0 aromatic heterocycles. The molecule has 0 saturated carbocycles. The van der Waals surface area contributed by atoms with Crippen LogP contribution in [0.25, 0.3) is 0 Å². The van der Waals surface area contributed by atoms with Crippen molar-refractivity contribution in [2.45, 2.75) is 13.3 Å². The lowest BCUT2D eigenvalue weighted by molar-refractivity contribution is -0.0423. The summed E-state index contributed by atoms with van der Waals surface area (Å²) in [5.41, 5.74) is 0. The molecule has 0 atom stereocenters. The van der Waals surface area contributed by atoms with Crippen LogP contribution >= 0.6 is 12.2 Å². The Morgan fingerprint density at radius 1 is 1.70 bits per heavy atom. The van der Waals surface area contributed by atoms with E-state index in [1.807, 2.05) is 0 Å². The van der Waals surface area contributed by atoms with Crippen LogP contribution in [0.5, 0.6) is 0 Å². The molecule has 0 unspecified atom stereocenters. The molecule has 0 heterocycles. The second-order valence-electron chi connectivity index (χ2n) is 1.91. The van der Waals surface area contributed by atoms with Crippen molar-refractivity contribution in [2.75, 3.05) is 20.7 Å². The van der Waals surface area contributed by atoms with Crippen LogP contribution in [0.15, 0.2) is 0 Å². The number of rotatable bonds is 3. The number of nitrogens with one attached hydrogen (secondary N) is 1. The molecule has 1 N–H and O–H groups in total. The highest BCUT2D eigenvalue weighted by Crippen LogP contribution is 1.83. The number of nitrogens with zero attached hydrogens (tertiary/aromatic N) is 1. The van der Waals surface area contributed by atoms with E-state index in [-0.39, 0.29) is 0 Å². The maximum Gasteiger partial charge on any atom is 0.192 e. The summed E-state index contributed by atoms with van der Waals surface area (Å²) < 4.78 is 0. The molecule has 60 valence electrons. The van der Waals surface area contributed by atoms with Gasteiger partial charge in [0.05, 0.1) is 7.11 Å². The molecule has 0 saturated heterocycles. The lowest BCUT2D eigenvalue weighted by Gasteiger charge is -2.17. The fourth-order valence-electron chi connectivity index (χ4n) is 0.426. The molecule has 0 bridgehead atoms. The molecule has 0 spiro atoms. The molecule has 0 aliphatic heterocycles. The number of hydrogen-bond acceptors (Lipinski definition) is 2. The van der Waals surface area contributed by atoms with E-state index in [4.69, 9.17) is 17.1 Å². The van der Waals surface area contributed by atoms with Gasteiger partial charge in [-0.2, -0.15) is 0 Å². The van der Waals surface area contributed by atoms with E-state index in [9.17, 15) is 0 Å². The zero-order valence-electron chi connectivity index (χ0n) is 6.68. The standard InChI is InChI=1S/C6H14N2OS/c1-4-5-7-6(10)8(2)9-3/h4-5H2,1-3H3,(H,7,10). The predicted molar refractivity (Wildman–Crippen MR) is 45.7 cm³/mol. The third-order valence-electron chi connectivity index (χ3n) is 1.09. The average Bonchev–Trinajstić information content (AvgIpc) is 1.98. The fourth-order valence-corrected chi connectivity index (χ4v) is 0.603. The zero-order chi connectivity index (χ0) is 7.98. The van der Waals surface area contributed by atoms with Gasteiger partial charge in [0.15, 0.2) is 5.11 Å². The topological polar surface area (TPSA) is 24.5 Å². The zero-order valence-corrected chi connectivity index (χ0v) is 7.49. The van der Waals surface area contributed by atoms with Crippen molar-refractivity contribution < 1.29 is 4.84 Å². The Morgan fingerprint density at radius 2 is 2.30 bits per heavy atom. The van der Waals surface area contributed by atoms with Crippen molar-refractivity contribution in [1.29, 1.82) is 0 Å². The monoisotopic (exact) mass is 162 g/mol. The van der Waals surface area contributed by atoms with E-state index < -0.39 is 0 Å². The Labute approximate surface area is 67.3 Å². The minimum Gasteiger partial charge on any atom is -0.361 e. The minimum absolute atomic E-state index is 0.629. The van der Waals surface area contributed by atoms with Gasteiger partial charge in [0.2, 0.25) is 0 Å². The Bertz CT molecular complexity index is 108. The first-order valence-electron chi connectivity index (χ1n) is 3.28. The van der Waals surface area contributed by atoms with Gasteiger partial charge in [0.1, 0.15) is 0 Å². The highest BCUT2D eigenvalue weighted by Gasteiger charge is 1.98. The van der Waals surface area contributed by atoms with Crippen molar-refractivity contribution in [3.05, 3.63) is 0 Å². The van der Waals surface area contributed by atoms with Crippen LogP contribution in [0, 0.1) is 0 Å². The van der Waals surface area contributed by atoms with Crippen LogP contribution in [0.4, 0.5) is 0 Å². The molecule has 3 nitrogen and oxygen atoms in total. The summed E-state index contributed by atoms with van der Waals surface area (Å²) in [4.78, 5) is 4.84. The molecular weight excluding hydrogens is 148 g/mol. The van der Waals surface area contributed by atoms with Crippen LogP contribution in [0.3, 0.4) is 0 Å². The van der Waals surface area contributed by atoms with Gasteiger partial charge in [-0.3, -0.25) is 4.84 Å². The van der Waals surface area contributed by atoms with Crippen LogP contribution in [-0.4, -0.2) is 30.9 Å². The van der Waals surface area contributed by atoms with E-state index in [0.717, 1.165) is 13.0 Å². The molecule has 0 aliphatic rings. The van der Waals surface area contributed by atoms with Crippen molar-refractivity contribution in [1.82, 2.24) is 10.4 Å². The molecule has 0 aromatic carbocycles. The smallest absolute Gasteiger partial charge is 0.192 e. The first-order chi connectivity index (χ1) is 4.72. The molecule has 0 aliphatic carbocycles. The van der Waals surface area contributed by atoms with E-state index in [0.29, 0.717) is 5.11 Å². The summed E-state index contributed by atoms with van der Waals surface area (Å²) in [5, 5.41) is 5.16. The van der Waals surface area contributed by atoms with Crippen molar-refractivity contribution in [2.24, 2.45) is 0 Å². The van der Waals surface area contributed by atoms with Gasteiger partial charge in [-0.15, -0.1) is 0 Å². The lowest BCUT2D eigenvalue weighted by Crippen LogP contribution is -2.36. The third kappa shape index (κ3) is 3.63. The average molecular weight is 162 g/mol. The summed E-state index contributed by atoms with van der Waals surface area (Å²) in [5.74, 6) is 0. The van der Waals surface area contributed by atoms with E-state index in [2.05, 4.69) is 12.2 Å². The van der Waals surface area contributed by atoms with Crippen LogP contribution in [0.2, 0.25) is 0 Å². The summed E-state index contributed by atoms with van der Waals surface area (Å²) in [6, 6.07) is 0. The molecule has 0 radical (unpaired) electrons. The Kier molecular flexibility index (Phi) is 5.25. The first-order valence-corrected chi connectivity index (χ1v) is 3.68. The molecule has 0 rings (SSSR count). The van der Waals surface area contributed by atoms with E-state index in [1.165, 1.54) is 5.06 Å². The van der Waals surface area contributed by atoms with Crippen molar-refractivity contribution in [3.8, 4) is 0 Å². The highest BCUT2D eigenvalue weighted by molar-refractivity contribution is 7.80. The van der Waals surface area contributed by atoms with Crippen LogP contribution in [0.1, 0.15) is 13.3 Å². The largest absolute Gasteiger partial charge is 0.361 e. The van der Waals surface area contributed by atoms with Gasteiger partial charge < -0.3 is 5.32 Å². The van der Waals surface area contributed by atoms with Gasteiger partial charge >= 0.3 is 0 Å². The van der Waals surface area contributed by atoms with Crippen molar-refractivity contribution >= 4 is 17.3 Å². The minimum atomic E-state index is 0.629. The van der Waals surface area contributed by atoms with Gasteiger partial charge in [0, 0.05) is 13.6 Å². The quantitative estimate of drug-likeness (QED) is 0.489. The fraction of sp³-hybridized carbons (Fsp3) is 0.833. The molecule has 0 amide bonds. The van der Waals surface area contributed by atoms with Gasteiger partial charge in [-0.05, 0) is 18.6 Å². The number of hydrogen-bond donors (Lipinski definition) is 1. The Morgan fingerprint density at radius 3 is 2.70 bits per heavy atom. The van der Waals surface area contributed by atoms with Crippen LogP contribution < -0.4 is 5.32 Å². The van der Waals surface area contributed by atoms with Gasteiger partial charge in [-0.1, -0.05) is 6.92 Å². The number of hydroxylamine groups is 2. The third-order valence-corrected chi connectivity index (χ3v) is 1.49. The maximum absolute atomic E-state index is 4.93. The Balaban J connectivity index is 3.42. The summed E-state index contributed by atoms with van der Waals surface area (Å²) >= 11 is 4.93. The Hall–Kier alpha value is -0.350. The summed E-state index contributed by atoms with van der Waals surface area (Å²) in [7, 11) is 3.35. The van der Waals surface area contributed by atoms with Gasteiger partial charge in [0.25, 0.3) is 0 Å². The second-order valence-corrected chi connectivity index (χ2v) is 2.30. The second kappa shape index (κ2) is 5.44. The molecule has 0 fully saturated rings. The van der Waals surface area contributed by atoms with Crippen molar-refractivity contribution in [3.63, 3.8) is 0 Å². The molecule has 0 aromatic rings. The predicted octanol–water partition coefficient (Wildman–Crippen LogP) is 0.764. The summed E-state index contributed by atoms with van der Waals surface area (Å²) in [6.07, 6.45) is 1.07.